The second-order valence-corrected chi connectivity index (χ2v) is 14.3. The van der Waals surface area contributed by atoms with Crippen molar-refractivity contribution in [1.29, 1.82) is 0 Å². The zero-order valence-electron chi connectivity index (χ0n) is 30.7. The van der Waals surface area contributed by atoms with E-state index in [2.05, 4.69) is 50.1 Å². The Kier molecular flexibility index (Phi) is 12.1. The Bertz CT molecular complexity index is 2020. The fourth-order valence-corrected chi connectivity index (χ4v) is 7.65. The van der Waals surface area contributed by atoms with E-state index in [0.29, 0.717) is 30.0 Å². The fraction of sp³-hybridized carbons (Fsp3) is 0.390. The van der Waals surface area contributed by atoms with E-state index in [4.69, 9.17) is 14.7 Å². The summed E-state index contributed by atoms with van der Waals surface area (Å²) in [6.45, 7) is 3.74. The molecule has 0 radical (unpaired) electrons. The summed E-state index contributed by atoms with van der Waals surface area (Å²) in [5, 5.41) is 20.9. The average molecular weight is 771 g/mol. The van der Waals surface area contributed by atoms with Crippen molar-refractivity contribution in [2.24, 2.45) is 0 Å². The van der Waals surface area contributed by atoms with Gasteiger partial charge in [0.1, 0.15) is 6.10 Å². The summed E-state index contributed by atoms with van der Waals surface area (Å²) in [6.07, 6.45) is -3.87. The van der Waals surface area contributed by atoms with Crippen LogP contribution in [0.4, 0.5) is 24.9 Å². The average Bonchev–Trinajstić information content (AvgIpc) is 3.76. The van der Waals surface area contributed by atoms with E-state index in [0.717, 1.165) is 43.6 Å². The summed E-state index contributed by atoms with van der Waals surface area (Å²) in [5.74, 6) is -2.31. The molecule has 1 amide bonds. The third-order valence-corrected chi connectivity index (χ3v) is 10.5. The van der Waals surface area contributed by atoms with Gasteiger partial charge in [-0.2, -0.15) is 23.1 Å². The van der Waals surface area contributed by atoms with Crippen LogP contribution in [-0.4, -0.2) is 98.6 Å². The standard InChI is InChI=1S/C41H45F3N8O4/c42-41(43,44)39(55)56-36-32(24-31(35(36)54)48-33(53)23-27-13-5-1-6-14-27)52-26-47-34-37(49-40(50-38(34)52)45-19-22-51-20-11-4-12-21-51)46-25-30(28-15-7-2-8-16-28)29-17-9-3-10-18-29/h1-3,5-10,13-18,26,30-32,35-36,54H,4,11-12,19-25H2,(H,48,53)(H2,45,46,49,50)/t31-,32+,35+,36-/m0/s1. The van der Waals surface area contributed by atoms with Crippen molar-refractivity contribution in [3.63, 3.8) is 0 Å². The van der Waals surface area contributed by atoms with Crippen LogP contribution in [-0.2, 0) is 20.7 Å². The van der Waals surface area contributed by atoms with Crippen molar-refractivity contribution in [2.75, 3.05) is 43.4 Å². The predicted molar refractivity (Wildman–Crippen MR) is 205 cm³/mol. The number of rotatable bonds is 14. The van der Waals surface area contributed by atoms with Crippen LogP contribution >= 0.6 is 0 Å². The van der Waals surface area contributed by atoms with E-state index in [-0.39, 0.29) is 30.4 Å². The highest BCUT2D eigenvalue weighted by Crippen LogP contribution is 2.38. The smallest absolute Gasteiger partial charge is 0.451 e. The number of halogens is 3. The summed E-state index contributed by atoms with van der Waals surface area (Å²) < 4.78 is 47.2. The van der Waals surface area contributed by atoms with Crippen molar-refractivity contribution in [2.45, 2.75) is 68.5 Å². The number of anilines is 2. The highest BCUT2D eigenvalue weighted by atomic mass is 19.4. The maximum atomic E-state index is 13.6. The zero-order valence-corrected chi connectivity index (χ0v) is 30.7. The maximum absolute atomic E-state index is 13.6. The molecular weight excluding hydrogens is 725 g/mol. The number of alkyl halides is 3. The number of amides is 1. The molecule has 4 N–H and O–H groups in total. The van der Waals surface area contributed by atoms with Crippen LogP contribution in [0.1, 0.15) is 54.3 Å². The normalized spacial score (nSPS) is 20.2. The summed E-state index contributed by atoms with van der Waals surface area (Å²) in [4.78, 5) is 41.9. The molecule has 0 bridgehead atoms. The van der Waals surface area contributed by atoms with E-state index in [9.17, 15) is 27.9 Å². The number of likely N-dealkylation sites (tertiary alicyclic amines) is 1. The summed E-state index contributed by atoms with van der Waals surface area (Å²) in [6, 6.07) is 26.9. The summed E-state index contributed by atoms with van der Waals surface area (Å²) in [7, 11) is 0. The van der Waals surface area contributed by atoms with E-state index >= 15 is 0 Å². The first kappa shape index (κ1) is 38.7. The van der Waals surface area contributed by atoms with Gasteiger partial charge in [-0.25, -0.2) is 9.78 Å². The zero-order chi connectivity index (χ0) is 39.1. The molecule has 1 aliphatic carbocycles. The van der Waals surface area contributed by atoms with Gasteiger partial charge in [0.05, 0.1) is 24.8 Å². The second kappa shape index (κ2) is 17.5. The number of hydrogen-bond acceptors (Lipinski definition) is 10. The van der Waals surface area contributed by atoms with Crippen LogP contribution in [0, 0.1) is 0 Å². The van der Waals surface area contributed by atoms with Gasteiger partial charge in [-0.15, -0.1) is 0 Å². The molecular formula is C41H45F3N8O4. The summed E-state index contributed by atoms with van der Waals surface area (Å²) in [5.41, 5.74) is 3.46. The van der Waals surface area contributed by atoms with Crippen molar-refractivity contribution < 1.29 is 32.6 Å². The number of benzene rings is 3. The molecule has 2 aromatic heterocycles. The van der Waals surface area contributed by atoms with Crippen LogP contribution < -0.4 is 16.0 Å². The first-order valence-electron chi connectivity index (χ1n) is 19.0. The molecule has 15 heteroatoms. The first-order valence-corrected chi connectivity index (χ1v) is 19.0. The van der Waals surface area contributed by atoms with Crippen molar-refractivity contribution in [3.8, 4) is 0 Å². The van der Waals surface area contributed by atoms with E-state index < -0.39 is 42.3 Å². The number of carbonyl (C=O) groups is 2. The number of fused-ring (bicyclic) bond motifs is 1. The monoisotopic (exact) mass is 770 g/mol. The molecule has 7 rings (SSSR count). The lowest BCUT2D eigenvalue weighted by atomic mass is 9.91. The lowest BCUT2D eigenvalue weighted by molar-refractivity contribution is -0.209. The van der Waals surface area contributed by atoms with Crippen molar-refractivity contribution >= 4 is 34.8 Å². The third-order valence-electron chi connectivity index (χ3n) is 10.5. The van der Waals surface area contributed by atoms with Crippen LogP contribution in [0.5, 0.6) is 0 Å². The fourth-order valence-electron chi connectivity index (χ4n) is 7.65. The number of aliphatic hydroxyl groups excluding tert-OH is 1. The molecule has 1 saturated carbocycles. The number of aromatic nitrogens is 4. The Morgan fingerprint density at radius 3 is 2.16 bits per heavy atom. The van der Waals surface area contributed by atoms with Crippen LogP contribution in [0.2, 0.25) is 0 Å². The quantitative estimate of drug-likeness (QED) is 0.107. The SMILES string of the molecule is O=C(Cc1ccccc1)N[C@H]1C[C@@H](n2cnc3c(NCC(c4ccccc4)c4ccccc4)nc(NCCN4CCCCC4)nc32)[C@H](OC(=O)C(F)(F)F)[C@@H]1O. The van der Waals surface area contributed by atoms with Gasteiger partial charge in [0.15, 0.2) is 23.1 Å². The minimum absolute atomic E-state index is 0.0165. The number of esters is 1. The molecule has 5 aromatic rings. The number of ether oxygens (including phenoxy) is 1. The van der Waals surface area contributed by atoms with Gasteiger partial charge >= 0.3 is 12.1 Å². The number of nitrogens with one attached hydrogen (secondary N) is 3. The molecule has 3 heterocycles. The van der Waals surface area contributed by atoms with Crippen LogP contribution in [0.25, 0.3) is 11.2 Å². The minimum atomic E-state index is -5.31. The number of aliphatic hydroxyl groups is 1. The van der Waals surface area contributed by atoms with Gasteiger partial charge in [-0.3, -0.25) is 4.79 Å². The highest BCUT2D eigenvalue weighted by Gasteiger charge is 2.51. The molecule has 1 saturated heterocycles. The topological polar surface area (TPSA) is 147 Å². The number of hydrogen-bond donors (Lipinski definition) is 4. The van der Waals surface area contributed by atoms with Gasteiger partial charge in [0, 0.05) is 25.6 Å². The Morgan fingerprint density at radius 1 is 0.875 bits per heavy atom. The van der Waals surface area contributed by atoms with Crippen molar-refractivity contribution in [1.82, 2.24) is 29.7 Å². The van der Waals surface area contributed by atoms with Crippen LogP contribution in [0.3, 0.4) is 0 Å². The van der Waals surface area contributed by atoms with Gasteiger partial charge in [-0.05, 0) is 49.0 Å². The molecule has 0 unspecified atom stereocenters. The molecule has 1 aliphatic heterocycles. The van der Waals surface area contributed by atoms with Crippen molar-refractivity contribution in [3.05, 3.63) is 114 Å². The van der Waals surface area contributed by atoms with Gasteiger partial charge in [-0.1, -0.05) is 97.4 Å². The lowest BCUT2D eigenvalue weighted by Crippen LogP contribution is -2.45. The number of nitrogens with zero attached hydrogens (tertiary/aromatic N) is 5. The molecule has 2 aliphatic rings. The number of piperidine rings is 1. The Hall–Kier alpha value is -5.54. The second-order valence-electron chi connectivity index (χ2n) is 14.3. The number of imidazole rings is 1. The van der Waals surface area contributed by atoms with Gasteiger partial charge in [0.2, 0.25) is 11.9 Å². The third kappa shape index (κ3) is 9.28. The van der Waals surface area contributed by atoms with E-state index in [1.807, 2.05) is 42.5 Å². The van der Waals surface area contributed by atoms with Gasteiger partial charge < -0.3 is 35.3 Å². The molecule has 2 fully saturated rings. The Morgan fingerprint density at radius 2 is 1.52 bits per heavy atom. The minimum Gasteiger partial charge on any atom is -0.451 e. The predicted octanol–water partition coefficient (Wildman–Crippen LogP) is 5.48. The Labute approximate surface area is 322 Å². The molecule has 3 aromatic carbocycles. The molecule has 294 valence electrons. The lowest BCUT2D eigenvalue weighted by Gasteiger charge is -2.26. The largest absolute Gasteiger partial charge is 0.490 e. The maximum Gasteiger partial charge on any atom is 0.490 e. The molecule has 56 heavy (non-hydrogen) atoms. The molecule has 0 spiro atoms. The Balaban J connectivity index is 1.21. The van der Waals surface area contributed by atoms with E-state index in [1.54, 1.807) is 24.3 Å². The van der Waals surface area contributed by atoms with E-state index in [1.165, 1.54) is 17.3 Å². The number of carbonyl (C=O) groups excluding carboxylic acids is 2. The van der Waals surface area contributed by atoms with Crippen LogP contribution in [0.15, 0.2) is 97.3 Å². The first-order chi connectivity index (χ1) is 27.1. The highest BCUT2D eigenvalue weighted by molar-refractivity contribution is 5.85. The molecule has 12 nitrogen and oxygen atoms in total. The van der Waals surface area contributed by atoms with Gasteiger partial charge in [0.25, 0.3) is 0 Å². The molecule has 4 atom stereocenters. The summed E-state index contributed by atoms with van der Waals surface area (Å²) >= 11 is 0.